The average Bonchev–Trinajstić information content (AvgIpc) is 2.59. The van der Waals surface area contributed by atoms with Crippen LogP contribution >= 0.6 is 0 Å². The molecule has 2 aromatic rings. The zero-order valence-corrected chi connectivity index (χ0v) is 15.9. The summed E-state index contributed by atoms with van der Waals surface area (Å²) < 4.78 is 10.8. The highest BCUT2D eigenvalue weighted by Crippen LogP contribution is 2.22. The van der Waals surface area contributed by atoms with Crippen molar-refractivity contribution in [2.24, 2.45) is 0 Å². The first kappa shape index (κ1) is 19.5. The highest BCUT2D eigenvalue weighted by atomic mass is 16.5. The number of ether oxygens (including phenoxy) is 2. The number of aryl methyl sites for hydroxylation is 2. The molecule has 5 nitrogen and oxygen atoms in total. The summed E-state index contributed by atoms with van der Waals surface area (Å²) in [7, 11) is 0. The fourth-order valence-electron chi connectivity index (χ4n) is 2.61. The van der Waals surface area contributed by atoms with Crippen LogP contribution in [0.2, 0.25) is 0 Å². The van der Waals surface area contributed by atoms with Gasteiger partial charge in [0.1, 0.15) is 5.75 Å². The number of anilines is 1. The lowest BCUT2D eigenvalue weighted by Crippen LogP contribution is -2.30. The predicted octanol–water partition coefficient (Wildman–Crippen LogP) is 4.19. The number of nitrogens with one attached hydrogen (secondary N) is 1. The second-order valence-corrected chi connectivity index (χ2v) is 6.22. The largest absolute Gasteiger partial charge is 0.481 e. The molecule has 0 spiro atoms. The van der Waals surface area contributed by atoms with Crippen molar-refractivity contribution in [2.75, 3.05) is 11.9 Å². The zero-order chi connectivity index (χ0) is 19.3. The molecule has 0 aliphatic heterocycles. The summed E-state index contributed by atoms with van der Waals surface area (Å²) >= 11 is 0. The van der Waals surface area contributed by atoms with Crippen LogP contribution < -0.4 is 10.1 Å². The molecule has 1 atom stereocenters. The maximum absolute atomic E-state index is 12.5. The number of carbonyl (C=O) groups is 2. The molecule has 0 aromatic heterocycles. The van der Waals surface area contributed by atoms with Gasteiger partial charge in [-0.25, -0.2) is 4.79 Å². The summed E-state index contributed by atoms with van der Waals surface area (Å²) in [6.07, 6.45) is -0.679. The average molecular weight is 355 g/mol. The van der Waals surface area contributed by atoms with Crippen molar-refractivity contribution in [2.45, 2.75) is 40.7 Å². The van der Waals surface area contributed by atoms with Crippen LogP contribution in [0.25, 0.3) is 0 Å². The molecule has 138 valence electrons. The number of benzene rings is 2. The lowest BCUT2D eigenvalue weighted by Gasteiger charge is -2.18. The third-order valence-corrected chi connectivity index (χ3v) is 4.09. The Bertz CT molecular complexity index is 814. The Labute approximate surface area is 154 Å². The molecule has 1 amide bonds. The van der Waals surface area contributed by atoms with E-state index >= 15 is 0 Å². The molecular formula is C21H25NO4. The van der Waals surface area contributed by atoms with E-state index in [1.165, 1.54) is 0 Å². The molecule has 5 heteroatoms. The third kappa shape index (κ3) is 4.63. The molecule has 0 aliphatic rings. The van der Waals surface area contributed by atoms with E-state index in [1.54, 1.807) is 39.0 Å². The lowest BCUT2D eigenvalue weighted by molar-refractivity contribution is -0.122. The summed E-state index contributed by atoms with van der Waals surface area (Å²) in [6.45, 7) is 9.48. The zero-order valence-electron chi connectivity index (χ0n) is 15.9. The quantitative estimate of drug-likeness (QED) is 0.789. The maximum atomic E-state index is 12.5. The van der Waals surface area contributed by atoms with Gasteiger partial charge < -0.3 is 14.8 Å². The molecule has 0 radical (unpaired) electrons. The van der Waals surface area contributed by atoms with Gasteiger partial charge >= 0.3 is 5.97 Å². The monoisotopic (exact) mass is 355 g/mol. The van der Waals surface area contributed by atoms with Gasteiger partial charge in [-0.3, -0.25) is 4.79 Å². The van der Waals surface area contributed by atoms with E-state index in [2.05, 4.69) is 5.32 Å². The lowest BCUT2D eigenvalue weighted by atomic mass is 10.1. The molecule has 2 rings (SSSR count). The number of amides is 1. The van der Waals surface area contributed by atoms with Crippen molar-refractivity contribution < 1.29 is 19.1 Å². The molecule has 0 bridgehead atoms. The van der Waals surface area contributed by atoms with E-state index in [9.17, 15) is 9.59 Å². The SMILES string of the molecule is CCOC(=O)c1cccc(NC(=O)[C@@H](C)Oc2ccc(C)cc2C)c1C. The number of hydrogen-bond donors (Lipinski definition) is 1. The van der Waals surface area contributed by atoms with Gasteiger partial charge in [0.2, 0.25) is 0 Å². The first-order valence-electron chi connectivity index (χ1n) is 8.65. The van der Waals surface area contributed by atoms with Crippen molar-refractivity contribution in [1.29, 1.82) is 0 Å². The van der Waals surface area contributed by atoms with E-state index in [0.717, 1.165) is 11.1 Å². The summed E-state index contributed by atoms with van der Waals surface area (Å²) in [5.41, 5.74) is 3.78. The van der Waals surface area contributed by atoms with Gasteiger partial charge in [-0.2, -0.15) is 0 Å². The van der Waals surface area contributed by atoms with Crippen LogP contribution in [0, 0.1) is 20.8 Å². The van der Waals surface area contributed by atoms with Crippen LogP contribution in [0.3, 0.4) is 0 Å². The van der Waals surface area contributed by atoms with Crippen LogP contribution in [-0.4, -0.2) is 24.6 Å². The van der Waals surface area contributed by atoms with E-state index in [-0.39, 0.29) is 5.91 Å². The van der Waals surface area contributed by atoms with Crippen LogP contribution in [0.4, 0.5) is 5.69 Å². The van der Waals surface area contributed by atoms with Gasteiger partial charge in [0.25, 0.3) is 5.91 Å². The Balaban J connectivity index is 2.11. The summed E-state index contributed by atoms with van der Waals surface area (Å²) in [4.78, 5) is 24.5. The normalized spacial score (nSPS) is 11.6. The number of hydrogen-bond acceptors (Lipinski definition) is 4. The third-order valence-electron chi connectivity index (χ3n) is 4.09. The second-order valence-electron chi connectivity index (χ2n) is 6.22. The maximum Gasteiger partial charge on any atom is 0.338 e. The number of esters is 1. The van der Waals surface area contributed by atoms with Crippen molar-refractivity contribution in [3.8, 4) is 5.75 Å². The molecule has 0 fully saturated rings. The van der Waals surface area contributed by atoms with Crippen LogP contribution in [0.1, 0.15) is 40.9 Å². The minimum absolute atomic E-state index is 0.283. The fraction of sp³-hybridized carbons (Fsp3) is 0.333. The Morgan fingerprint density at radius 1 is 1.12 bits per heavy atom. The first-order valence-corrected chi connectivity index (χ1v) is 8.65. The molecule has 0 heterocycles. The van der Waals surface area contributed by atoms with E-state index in [0.29, 0.717) is 29.2 Å². The van der Waals surface area contributed by atoms with Gasteiger partial charge in [-0.15, -0.1) is 0 Å². The Morgan fingerprint density at radius 3 is 2.50 bits per heavy atom. The second kappa shape index (κ2) is 8.52. The minimum atomic E-state index is -0.679. The van der Waals surface area contributed by atoms with Crippen molar-refractivity contribution in [3.63, 3.8) is 0 Å². The predicted molar refractivity (Wildman–Crippen MR) is 102 cm³/mol. The highest BCUT2D eigenvalue weighted by Gasteiger charge is 2.19. The minimum Gasteiger partial charge on any atom is -0.481 e. The van der Waals surface area contributed by atoms with Gasteiger partial charge in [0.15, 0.2) is 6.10 Å². The fourth-order valence-corrected chi connectivity index (χ4v) is 2.61. The number of rotatable bonds is 6. The van der Waals surface area contributed by atoms with Crippen LogP contribution in [0.15, 0.2) is 36.4 Å². The van der Waals surface area contributed by atoms with E-state index in [1.807, 2.05) is 32.0 Å². The Morgan fingerprint density at radius 2 is 1.85 bits per heavy atom. The van der Waals surface area contributed by atoms with E-state index in [4.69, 9.17) is 9.47 Å². The van der Waals surface area contributed by atoms with Gasteiger partial charge in [0, 0.05) is 5.69 Å². The first-order chi connectivity index (χ1) is 12.3. The summed E-state index contributed by atoms with van der Waals surface area (Å²) in [5.74, 6) is -0.00925. The Kier molecular flexibility index (Phi) is 6.39. The molecule has 0 saturated heterocycles. The molecule has 2 aromatic carbocycles. The van der Waals surface area contributed by atoms with Gasteiger partial charge in [0.05, 0.1) is 12.2 Å². The molecule has 0 saturated carbocycles. The topological polar surface area (TPSA) is 64.6 Å². The van der Waals surface area contributed by atoms with Crippen molar-refractivity contribution in [3.05, 3.63) is 58.7 Å². The summed E-state index contributed by atoms with van der Waals surface area (Å²) in [6, 6.07) is 11.0. The van der Waals surface area contributed by atoms with Crippen molar-refractivity contribution in [1.82, 2.24) is 0 Å². The summed E-state index contributed by atoms with van der Waals surface area (Å²) in [5, 5.41) is 2.83. The molecule has 1 N–H and O–H groups in total. The molecule has 0 unspecified atom stereocenters. The molecule has 26 heavy (non-hydrogen) atoms. The molecule has 0 aliphatic carbocycles. The smallest absolute Gasteiger partial charge is 0.338 e. The highest BCUT2D eigenvalue weighted by molar-refractivity contribution is 5.98. The standard InChI is InChI=1S/C21H25NO4/c1-6-25-21(24)17-8-7-9-18(15(17)4)22-20(23)16(5)26-19-11-10-13(2)12-14(19)3/h7-12,16H,6H2,1-5H3,(H,22,23)/t16-/m1/s1. The van der Waals surface area contributed by atoms with Gasteiger partial charge in [-0.1, -0.05) is 23.8 Å². The van der Waals surface area contributed by atoms with E-state index < -0.39 is 12.1 Å². The Hall–Kier alpha value is -2.82. The number of carbonyl (C=O) groups excluding carboxylic acids is 2. The van der Waals surface area contributed by atoms with Gasteiger partial charge in [-0.05, 0) is 63.9 Å². The van der Waals surface area contributed by atoms with Crippen LogP contribution in [-0.2, 0) is 9.53 Å². The van der Waals surface area contributed by atoms with Crippen molar-refractivity contribution >= 4 is 17.6 Å². The molecular weight excluding hydrogens is 330 g/mol. The van der Waals surface area contributed by atoms with Crippen LogP contribution in [0.5, 0.6) is 5.75 Å².